The monoisotopic (exact) mass is 265 g/mol. The summed E-state index contributed by atoms with van der Waals surface area (Å²) >= 11 is 6.16. The van der Waals surface area contributed by atoms with Gasteiger partial charge in [-0.2, -0.15) is 0 Å². The second-order valence-corrected chi connectivity index (χ2v) is 5.91. The molecule has 0 aromatic heterocycles. The van der Waals surface area contributed by atoms with Crippen molar-refractivity contribution in [2.75, 3.05) is 0 Å². The maximum Gasteiger partial charge on any atom is 0.0438 e. The van der Waals surface area contributed by atoms with Gasteiger partial charge in [-0.05, 0) is 37.0 Å². The van der Waals surface area contributed by atoms with E-state index in [1.165, 1.54) is 50.5 Å². The number of nitrogens with one attached hydrogen (secondary N) is 1. The number of hydrogen-bond donors (Lipinski definition) is 1. The summed E-state index contributed by atoms with van der Waals surface area (Å²) in [7, 11) is 0. The fourth-order valence-corrected chi connectivity index (χ4v) is 2.87. The molecule has 1 aliphatic rings. The lowest BCUT2D eigenvalue weighted by Gasteiger charge is -2.21. The maximum absolute atomic E-state index is 6.16. The van der Waals surface area contributed by atoms with E-state index in [1.807, 2.05) is 6.92 Å². The van der Waals surface area contributed by atoms with Crippen molar-refractivity contribution in [3.05, 3.63) is 34.3 Å². The van der Waals surface area contributed by atoms with Crippen LogP contribution >= 0.6 is 11.6 Å². The second kappa shape index (κ2) is 7.16. The summed E-state index contributed by atoms with van der Waals surface area (Å²) in [5.74, 6) is 0. The second-order valence-electron chi connectivity index (χ2n) is 5.51. The van der Waals surface area contributed by atoms with Crippen LogP contribution in [0.3, 0.4) is 0 Å². The molecule has 100 valence electrons. The van der Waals surface area contributed by atoms with Gasteiger partial charge < -0.3 is 5.32 Å². The molecule has 0 bridgehead atoms. The lowest BCUT2D eigenvalue weighted by Crippen LogP contribution is -2.29. The Hall–Kier alpha value is -0.530. The zero-order valence-electron chi connectivity index (χ0n) is 11.3. The highest BCUT2D eigenvalue weighted by molar-refractivity contribution is 6.31. The molecule has 0 saturated heterocycles. The van der Waals surface area contributed by atoms with Crippen molar-refractivity contribution in [2.24, 2.45) is 0 Å². The van der Waals surface area contributed by atoms with Crippen molar-refractivity contribution in [1.29, 1.82) is 0 Å². The van der Waals surface area contributed by atoms with Gasteiger partial charge in [0.1, 0.15) is 0 Å². The van der Waals surface area contributed by atoms with Crippen molar-refractivity contribution in [1.82, 2.24) is 5.32 Å². The molecule has 2 rings (SSSR count). The molecule has 0 amide bonds. The fourth-order valence-electron chi connectivity index (χ4n) is 2.67. The van der Waals surface area contributed by atoms with Gasteiger partial charge in [0.2, 0.25) is 0 Å². The minimum Gasteiger partial charge on any atom is -0.310 e. The fraction of sp³-hybridized carbons (Fsp3) is 0.625. The van der Waals surface area contributed by atoms with Gasteiger partial charge in [0.15, 0.2) is 0 Å². The summed E-state index contributed by atoms with van der Waals surface area (Å²) in [6, 6.07) is 7.08. The van der Waals surface area contributed by atoms with Crippen LogP contribution in [-0.2, 0) is 6.54 Å². The van der Waals surface area contributed by atoms with Crippen LogP contribution in [0.4, 0.5) is 0 Å². The number of aryl methyl sites for hydroxylation is 1. The number of halogens is 1. The Kier molecular flexibility index (Phi) is 5.52. The highest BCUT2D eigenvalue weighted by Crippen LogP contribution is 2.19. The standard InChI is InChI=1S/C16H24ClN/c1-13-9-10-14(11-16(13)17)12-18-15-7-5-3-2-4-6-8-15/h9-11,15,18H,2-8,12H2,1H3. The predicted octanol–water partition coefficient (Wildman–Crippen LogP) is 4.85. The molecule has 1 saturated carbocycles. The predicted molar refractivity (Wildman–Crippen MR) is 79.1 cm³/mol. The van der Waals surface area contributed by atoms with Gasteiger partial charge >= 0.3 is 0 Å². The molecule has 0 aliphatic heterocycles. The minimum absolute atomic E-state index is 0.699. The Bertz CT molecular complexity index is 367. The number of hydrogen-bond acceptors (Lipinski definition) is 1. The summed E-state index contributed by atoms with van der Waals surface area (Å²) in [5, 5.41) is 4.58. The topological polar surface area (TPSA) is 12.0 Å². The molecular weight excluding hydrogens is 242 g/mol. The highest BCUT2D eigenvalue weighted by atomic mass is 35.5. The smallest absolute Gasteiger partial charge is 0.0438 e. The van der Waals surface area contributed by atoms with Gasteiger partial charge in [0, 0.05) is 17.6 Å². The molecule has 1 nitrogen and oxygen atoms in total. The quantitative estimate of drug-likeness (QED) is 0.824. The lowest BCUT2D eigenvalue weighted by molar-refractivity contribution is 0.389. The third-order valence-electron chi connectivity index (χ3n) is 3.94. The average molecular weight is 266 g/mol. The Labute approximate surface area is 116 Å². The molecule has 1 aromatic rings. The van der Waals surface area contributed by atoms with E-state index in [2.05, 4.69) is 23.5 Å². The van der Waals surface area contributed by atoms with E-state index < -0.39 is 0 Å². The first kappa shape index (κ1) is 13.9. The average Bonchev–Trinajstić information content (AvgIpc) is 2.32. The van der Waals surface area contributed by atoms with Gasteiger partial charge in [-0.1, -0.05) is 55.8 Å². The van der Waals surface area contributed by atoms with Gasteiger partial charge in [0.05, 0.1) is 0 Å². The van der Waals surface area contributed by atoms with Gasteiger partial charge in [0.25, 0.3) is 0 Å². The van der Waals surface area contributed by atoms with Crippen LogP contribution < -0.4 is 5.32 Å². The largest absolute Gasteiger partial charge is 0.310 e. The summed E-state index contributed by atoms with van der Waals surface area (Å²) in [4.78, 5) is 0. The van der Waals surface area contributed by atoms with E-state index >= 15 is 0 Å². The molecule has 18 heavy (non-hydrogen) atoms. The first-order chi connectivity index (χ1) is 8.75. The molecule has 2 heteroatoms. The summed E-state index contributed by atoms with van der Waals surface area (Å²) < 4.78 is 0. The van der Waals surface area contributed by atoms with E-state index in [9.17, 15) is 0 Å². The molecule has 0 spiro atoms. The summed E-state index contributed by atoms with van der Waals surface area (Å²) in [6.45, 7) is 3.00. The third-order valence-corrected chi connectivity index (χ3v) is 4.34. The zero-order valence-corrected chi connectivity index (χ0v) is 12.1. The van der Waals surface area contributed by atoms with Crippen LogP contribution in [0.1, 0.15) is 56.1 Å². The van der Waals surface area contributed by atoms with Crippen LogP contribution in [-0.4, -0.2) is 6.04 Å². The Morgan fingerprint density at radius 3 is 2.44 bits per heavy atom. The van der Waals surface area contributed by atoms with Crippen molar-refractivity contribution in [2.45, 2.75) is 64.5 Å². The minimum atomic E-state index is 0.699. The van der Waals surface area contributed by atoms with E-state index in [4.69, 9.17) is 11.6 Å². The maximum atomic E-state index is 6.16. The molecule has 1 aromatic carbocycles. The Balaban J connectivity index is 1.83. The van der Waals surface area contributed by atoms with Crippen molar-refractivity contribution in [3.63, 3.8) is 0 Å². The Morgan fingerprint density at radius 1 is 1.11 bits per heavy atom. The molecule has 1 aliphatic carbocycles. The number of benzene rings is 1. The highest BCUT2D eigenvalue weighted by Gasteiger charge is 2.10. The van der Waals surface area contributed by atoms with Crippen molar-refractivity contribution in [3.8, 4) is 0 Å². The van der Waals surface area contributed by atoms with Gasteiger partial charge in [-0.3, -0.25) is 0 Å². The van der Waals surface area contributed by atoms with E-state index in [0.717, 1.165) is 17.1 Å². The molecule has 0 atom stereocenters. The number of rotatable bonds is 3. The van der Waals surface area contributed by atoms with E-state index in [0.29, 0.717) is 6.04 Å². The van der Waals surface area contributed by atoms with Crippen LogP contribution in [0.15, 0.2) is 18.2 Å². The lowest BCUT2D eigenvalue weighted by atomic mass is 9.96. The van der Waals surface area contributed by atoms with Crippen LogP contribution in [0.5, 0.6) is 0 Å². The van der Waals surface area contributed by atoms with Gasteiger partial charge in [-0.15, -0.1) is 0 Å². The van der Waals surface area contributed by atoms with Crippen LogP contribution in [0.25, 0.3) is 0 Å². The van der Waals surface area contributed by atoms with E-state index in [1.54, 1.807) is 0 Å². The van der Waals surface area contributed by atoms with Gasteiger partial charge in [-0.25, -0.2) is 0 Å². The molecular formula is C16H24ClN. The summed E-state index contributed by atoms with van der Waals surface area (Å²) in [5.41, 5.74) is 2.46. The summed E-state index contributed by atoms with van der Waals surface area (Å²) in [6.07, 6.45) is 9.68. The molecule has 0 radical (unpaired) electrons. The van der Waals surface area contributed by atoms with Crippen LogP contribution in [0.2, 0.25) is 5.02 Å². The normalized spacial score (nSPS) is 18.3. The van der Waals surface area contributed by atoms with E-state index in [-0.39, 0.29) is 0 Å². The third kappa shape index (κ3) is 4.29. The van der Waals surface area contributed by atoms with Crippen LogP contribution in [0, 0.1) is 6.92 Å². The molecule has 1 N–H and O–H groups in total. The molecule has 1 fully saturated rings. The first-order valence-corrected chi connectivity index (χ1v) is 7.62. The van der Waals surface area contributed by atoms with Crippen molar-refractivity contribution >= 4 is 11.6 Å². The molecule has 0 heterocycles. The Morgan fingerprint density at radius 2 is 1.78 bits per heavy atom. The molecule has 0 unspecified atom stereocenters. The zero-order chi connectivity index (χ0) is 12.8. The van der Waals surface area contributed by atoms with Crippen molar-refractivity contribution < 1.29 is 0 Å². The SMILES string of the molecule is Cc1ccc(CNC2CCCCCCC2)cc1Cl. The first-order valence-electron chi connectivity index (χ1n) is 7.24.